The van der Waals surface area contributed by atoms with Gasteiger partial charge in [-0.3, -0.25) is 15.0 Å². The second-order valence-electron chi connectivity index (χ2n) is 3.94. The average molecular weight is 356 g/mol. The molecule has 0 aliphatic carbocycles. The van der Waals surface area contributed by atoms with Gasteiger partial charge in [-0.1, -0.05) is 6.58 Å². The molecule has 1 N–H and O–H groups in total. The van der Waals surface area contributed by atoms with Gasteiger partial charge in [-0.05, 0) is 29.5 Å². The monoisotopic (exact) mass is 356 g/mol. The first-order chi connectivity index (χ1) is 8.58. The molecule has 94 valence electrons. The summed E-state index contributed by atoms with van der Waals surface area (Å²) in [4.78, 5) is 12.7. The van der Waals surface area contributed by atoms with Gasteiger partial charge in [0.15, 0.2) is 0 Å². The van der Waals surface area contributed by atoms with Gasteiger partial charge in [0.05, 0.1) is 30.7 Å². The molecule has 0 spiro atoms. The first-order valence-corrected chi connectivity index (χ1v) is 6.48. The third kappa shape index (κ3) is 3.01. The van der Waals surface area contributed by atoms with Crippen LogP contribution in [0.25, 0.3) is 0 Å². The number of hydroxylamine groups is 2. The molecule has 0 radical (unpaired) electrons. The van der Waals surface area contributed by atoms with Crippen LogP contribution in [-0.2, 0) is 0 Å². The number of hydrogen-bond donors (Lipinski definition) is 1. The minimum Gasteiger partial charge on any atom is -0.313 e. The van der Waals surface area contributed by atoms with Gasteiger partial charge in [-0.2, -0.15) is 5.06 Å². The fraction of sp³-hybridized carbons (Fsp3) is 0.250. The Bertz CT molecular complexity index is 524. The lowest BCUT2D eigenvalue weighted by atomic mass is 10.2. The molecule has 0 amide bonds. The van der Waals surface area contributed by atoms with Gasteiger partial charge in [-0.15, -0.1) is 0 Å². The summed E-state index contributed by atoms with van der Waals surface area (Å²) >= 11 is 2.14. The van der Waals surface area contributed by atoms with E-state index in [1.165, 1.54) is 5.06 Å². The Balaban J connectivity index is 2.32. The Morgan fingerprint density at radius 1 is 1.50 bits per heavy atom. The molecule has 1 aliphatic heterocycles. The predicted molar refractivity (Wildman–Crippen MR) is 77.8 cm³/mol. The van der Waals surface area contributed by atoms with Gasteiger partial charge in [0.2, 0.25) is 0 Å². The standard InChI is InChI=1S/C12H13IN4O/c1-8(13)10-6-17(18)7-12(10)16-9(2)11-5-14-3-4-15-11/h3-5,18H,1,6-7H2,2H3/b16-9+. The molecular formula is C12H13IN4O. The molecule has 2 rings (SSSR count). The maximum Gasteiger partial charge on any atom is 0.102 e. The van der Waals surface area contributed by atoms with E-state index in [-0.39, 0.29) is 0 Å². The molecule has 5 nitrogen and oxygen atoms in total. The van der Waals surface area contributed by atoms with E-state index in [1.54, 1.807) is 18.6 Å². The fourth-order valence-corrected chi connectivity index (χ4v) is 2.17. The van der Waals surface area contributed by atoms with Gasteiger partial charge >= 0.3 is 0 Å². The largest absolute Gasteiger partial charge is 0.313 e. The van der Waals surface area contributed by atoms with Gasteiger partial charge < -0.3 is 5.21 Å². The highest BCUT2D eigenvalue weighted by molar-refractivity contribution is 14.1. The maximum atomic E-state index is 9.55. The average Bonchev–Trinajstić information content (AvgIpc) is 2.71. The molecule has 2 heterocycles. The lowest BCUT2D eigenvalue weighted by Crippen LogP contribution is -2.15. The van der Waals surface area contributed by atoms with Crippen LogP contribution in [0.3, 0.4) is 0 Å². The van der Waals surface area contributed by atoms with Crippen molar-refractivity contribution in [2.75, 3.05) is 13.1 Å². The lowest BCUT2D eigenvalue weighted by molar-refractivity contribution is -0.0648. The second-order valence-corrected chi connectivity index (χ2v) is 5.24. The summed E-state index contributed by atoms with van der Waals surface area (Å²) in [5, 5.41) is 10.8. The molecule has 0 atom stereocenters. The summed E-state index contributed by atoms with van der Waals surface area (Å²) in [6.45, 7) is 6.65. The van der Waals surface area contributed by atoms with Crippen LogP contribution in [0.1, 0.15) is 12.6 Å². The molecule has 1 aromatic heterocycles. The number of halogens is 1. The molecule has 0 unspecified atom stereocenters. The number of aromatic nitrogens is 2. The first-order valence-electron chi connectivity index (χ1n) is 5.40. The van der Waals surface area contributed by atoms with Crippen LogP contribution in [0.2, 0.25) is 0 Å². The third-order valence-electron chi connectivity index (χ3n) is 2.59. The van der Waals surface area contributed by atoms with E-state index in [2.05, 4.69) is 44.1 Å². The van der Waals surface area contributed by atoms with E-state index in [0.717, 1.165) is 26.3 Å². The van der Waals surface area contributed by atoms with Crippen molar-refractivity contribution in [1.82, 2.24) is 15.0 Å². The molecular weight excluding hydrogens is 343 g/mol. The Labute approximate surface area is 119 Å². The summed E-state index contributed by atoms with van der Waals surface area (Å²) in [5.74, 6) is 0. The summed E-state index contributed by atoms with van der Waals surface area (Å²) in [7, 11) is 0. The molecule has 0 fully saturated rings. The number of rotatable bonds is 3. The highest BCUT2D eigenvalue weighted by atomic mass is 127. The number of aliphatic imine (C=N–C) groups is 1. The van der Waals surface area contributed by atoms with Crippen molar-refractivity contribution in [2.45, 2.75) is 6.92 Å². The van der Waals surface area contributed by atoms with Crippen molar-refractivity contribution in [1.29, 1.82) is 0 Å². The van der Waals surface area contributed by atoms with Crippen LogP contribution >= 0.6 is 22.6 Å². The fourth-order valence-electron chi connectivity index (χ4n) is 1.69. The van der Waals surface area contributed by atoms with Crippen LogP contribution in [0.4, 0.5) is 0 Å². The van der Waals surface area contributed by atoms with Crippen molar-refractivity contribution in [2.24, 2.45) is 4.99 Å². The third-order valence-corrected chi connectivity index (χ3v) is 3.24. The first kappa shape index (κ1) is 13.3. The predicted octanol–water partition coefficient (Wildman–Crippen LogP) is 2.19. The zero-order chi connectivity index (χ0) is 13.1. The Kier molecular flexibility index (Phi) is 4.20. The summed E-state index contributed by atoms with van der Waals surface area (Å²) in [6.07, 6.45) is 4.93. The van der Waals surface area contributed by atoms with E-state index >= 15 is 0 Å². The molecule has 6 heteroatoms. The second kappa shape index (κ2) is 5.68. The molecule has 0 saturated carbocycles. The smallest absolute Gasteiger partial charge is 0.102 e. The summed E-state index contributed by atoms with van der Waals surface area (Å²) in [5.41, 5.74) is 3.32. The normalized spacial score (nSPS) is 17.4. The SMILES string of the molecule is C=C(I)C1=C(/N=C(\C)c2cnccn2)CN(O)C1. The van der Waals surface area contributed by atoms with Gasteiger partial charge in [0.1, 0.15) is 5.69 Å². The van der Waals surface area contributed by atoms with Crippen molar-refractivity contribution in [3.05, 3.63) is 45.7 Å². The highest BCUT2D eigenvalue weighted by Gasteiger charge is 2.21. The van der Waals surface area contributed by atoms with E-state index in [9.17, 15) is 5.21 Å². The van der Waals surface area contributed by atoms with Crippen molar-refractivity contribution in [3.63, 3.8) is 0 Å². The lowest BCUT2D eigenvalue weighted by Gasteiger charge is -2.03. The summed E-state index contributed by atoms with van der Waals surface area (Å²) in [6, 6.07) is 0. The molecule has 0 bridgehead atoms. The van der Waals surface area contributed by atoms with E-state index in [4.69, 9.17) is 0 Å². The van der Waals surface area contributed by atoms with Crippen LogP contribution in [0.5, 0.6) is 0 Å². The van der Waals surface area contributed by atoms with Crippen LogP contribution < -0.4 is 0 Å². The van der Waals surface area contributed by atoms with E-state index in [1.807, 2.05) is 6.92 Å². The van der Waals surface area contributed by atoms with Crippen molar-refractivity contribution >= 4 is 28.3 Å². The zero-order valence-electron chi connectivity index (χ0n) is 9.97. The van der Waals surface area contributed by atoms with Gasteiger partial charge in [0.25, 0.3) is 0 Å². The molecule has 1 aromatic rings. The Hall–Kier alpha value is -1.12. The van der Waals surface area contributed by atoms with E-state index < -0.39 is 0 Å². The summed E-state index contributed by atoms with van der Waals surface area (Å²) < 4.78 is 0.898. The zero-order valence-corrected chi connectivity index (χ0v) is 12.1. The van der Waals surface area contributed by atoms with Crippen LogP contribution in [0.15, 0.2) is 45.0 Å². The van der Waals surface area contributed by atoms with Gasteiger partial charge in [0, 0.05) is 21.5 Å². The number of nitrogens with zero attached hydrogens (tertiary/aromatic N) is 4. The number of hydrogen-bond acceptors (Lipinski definition) is 5. The Morgan fingerprint density at radius 3 is 2.89 bits per heavy atom. The molecule has 18 heavy (non-hydrogen) atoms. The molecule has 1 aliphatic rings. The van der Waals surface area contributed by atoms with Crippen LogP contribution in [0, 0.1) is 0 Å². The topological polar surface area (TPSA) is 61.6 Å². The molecule has 0 saturated heterocycles. The molecule has 0 aromatic carbocycles. The minimum atomic E-state index is 0.412. The van der Waals surface area contributed by atoms with Crippen molar-refractivity contribution < 1.29 is 5.21 Å². The quantitative estimate of drug-likeness (QED) is 0.666. The van der Waals surface area contributed by atoms with Crippen molar-refractivity contribution in [3.8, 4) is 0 Å². The Morgan fingerprint density at radius 2 is 2.28 bits per heavy atom. The van der Waals surface area contributed by atoms with E-state index in [0.29, 0.717) is 13.1 Å². The maximum absolute atomic E-state index is 9.55. The van der Waals surface area contributed by atoms with Crippen LogP contribution in [-0.4, -0.2) is 39.0 Å². The van der Waals surface area contributed by atoms with Gasteiger partial charge in [-0.25, -0.2) is 0 Å². The minimum absolute atomic E-state index is 0.412. The highest BCUT2D eigenvalue weighted by Crippen LogP contribution is 2.26.